The van der Waals surface area contributed by atoms with E-state index < -0.39 is 5.97 Å². The van der Waals surface area contributed by atoms with E-state index in [0.717, 1.165) is 5.69 Å². The number of carboxylic acid groups (broad SMARTS) is 1. The second-order valence-corrected chi connectivity index (χ2v) is 5.74. The van der Waals surface area contributed by atoms with Gasteiger partial charge < -0.3 is 14.7 Å². The summed E-state index contributed by atoms with van der Waals surface area (Å²) >= 11 is 6.03. The van der Waals surface area contributed by atoms with Crippen LogP contribution in [0.3, 0.4) is 0 Å². The van der Waals surface area contributed by atoms with Gasteiger partial charge >= 0.3 is 5.97 Å². The SMILES string of the molecule is CN(CC(=O)O)CC1CN(c2cc(Cl)ccc2C#N)CCO1. The topological polar surface area (TPSA) is 76.8 Å². The standard InChI is InChI=1S/C15H18ClN3O3/c1-18(10-15(20)21)8-13-9-19(4-5-22-13)14-6-12(16)3-2-11(14)7-17/h2-3,6,13H,4-5,8-10H2,1H3,(H,20,21). The summed E-state index contributed by atoms with van der Waals surface area (Å²) in [6, 6.07) is 7.36. The van der Waals surface area contributed by atoms with Gasteiger partial charge in [0.15, 0.2) is 0 Å². The number of carboxylic acids is 1. The predicted molar refractivity (Wildman–Crippen MR) is 83.3 cm³/mol. The van der Waals surface area contributed by atoms with E-state index in [0.29, 0.717) is 36.8 Å². The van der Waals surface area contributed by atoms with Crippen molar-refractivity contribution in [3.63, 3.8) is 0 Å². The average Bonchev–Trinajstić information content (AvgIpc) is 2.46. The van der Waals surface area contributed by atoms with E-state index in [1.165, 1.54) is 0 Å². The lowest BCUT2D eigenvalue weighted by atomic mass is 10.1. The number of nitriles is 1. The number of anilines is 1. The molecular weight excluding hydrogens is 306 g/mol. The van der Waals surface area contributed by atoms with Gasteiger partial charge in [0.1, 0.15) is 6.07 Å². The van der Waals surface area contributed by atoms with E-state index in [1.54, 1.807) is 30.1 Å². The fourth-order valence-electron chi connectivity index (χ4n) is 2.55. The third-order valence-electron chi connectivity index (χ3n) is 3.48. The second-order valence-electron chi connectivity index (χ2n) is 5.30. The number of halogens is 1. The molecule has 0 aliphatic carbocycles. The number of hydrogen-bond donors (Lipinski definition) is 1. The largest absolute Gasteiger partial charge is 0.480 e. The molecule has 1 aromatic rings. The zero-order chi connectivity index (χ0) is 16.1. The Balaban J connectivity index is 2.06. The summed E-state index contributed by atoms with van der Waals surface area (Å²) in [6.45, 7) is 2.29. The maximum atomic E-state index is 10.7. The van der Waals surface area contributed by atoms with E-state index in [9.17, 15) is 10.1 Å². The number of morpholine rings is 1. The van der Waals surface area contributed by atoms with Gasteiger partial charge in [-0.1, -0.05) is 11.6 Å². The molecule has 1 aromatic carbocycles. The monoisotopic (exact) mass is 323 g/mol. The summed E-state index contributed by atoms with van der Waals surface area (Å²) in [7, 11) is 1.75. The quantitative estimate of drug-likeness (QED) is 0.883. The summed E-state index contributed by atoms with van der Waals surface area (Å²) in [4.78, 5) is 14.5. The summed E-state index contributed by atoms with van der Waals surface area (Å²) in [5.41, 5.74) is 1.37. The third-order valence-corrected chi connectivity index (χ3v) is 3.72. The Labute approximate surface area is 134 Å². The van der Waals surface area contributed by atoms with Crippen LogP contribution in [0.15, 0.2) is 18.2 Å². The lowest BCUT2D eigenvalue weighted by Crippen LogP contribution is -2.47. The first-order valence-corrected chi connectivity index (χ1v) is 7.34. The van der Waals surface area contributed by atoms with Gasteiger partial charge in [0.2, 0.25) is 0 Å². The molecule has 2 rings (SSSR count). The molecule has 1 N–H and O–H groups in total. The second kappa shape index (κ2) is 7.45. The number of likely N-dealkylation sites (N-methyl/N-ethyl adjacent to an activating group) is 1. The number of hydrogen-bond acceptors (Lipinski definition) is 5. The van der Waals surface area contributed by atoms with E-state index in [1.807, 2.05) is 0 Å². The number of rotatable bonds is 5. The van der Waals surface area contributed by atoms with Crippen molar-refractivity contribution in [2.75, 3.05) is 44.7 Å². The Morgan fingerprint density at radius 2 is 2.41 bits per heavy atom. The van der Waals surface area contributed by atoms with Crippen molar-refractivity contribution in [2.24, 2.45) is 0 Å². The molecule has 1 fully saturated rings. The highest BCUT2D eigenvalue weighted by molar-refractivity contribution is 6.30. The van der Waals surface area contributed by atoms with Crippen molar-refractivity contribution < 1.29 is 14.6 Å². The highest BCUT2D eigenvalue weighted by Gasteiger charge is 2.24. The maximum Gasteiger partial charge on any atom is 0.317 e. The highest BCUT2D eigenvalue weighted by atomic mass is 35.5. The van der Waals surface area contributed by atoms with Crippen LogP contribution >= 0.6 is 11.6 Å². The third kappa shape index (κ3) is 4.34. The smallest absolute Gasteiger partial charge is 0.317 e. The van der Waals surface area contributed by atoms with E-state index in [4.69, 9.17) is 21.4 Å². The number of ether oxygens (including phenoxy) is 1. The minimum atomic E-state index is -0.864. The molecule has 0 aromatic heterocycles. The molecule has 6 nitrogen and oxygen atoms in total. The molecule has 0 spiro atoms. The van der Waals surface area contributed by atoms with Gasteiger partial charge in [0, 0.05) is 24.7 Å². The van der Waals surface area contributed by atoms with Crippen molar-refractivity contribution in [3.8, 4) is 6.07 Å². The zero-order valence-electron chi connectivity index (χ0n) is 12.3. The molecule has 7 heteroatoms. The molecule has 118 valence electrons. The predicted octanol–water partition coefficient (Wildman–Crippen LogP) is 1.43. The Hall–Kier alpha value is -1.81. The molecule has 0 saturated carbocycles. The Kier molecular flexibility index (Phi) is 5.61. The van der Waals surface area contributed by atoms with Crippen LogP contribution in [-0.2, 0) is 9.53 Å². The molecule has 0 amide bonds. The van der Waals surface area contributed by atoms with Crippen LogP contribution in [0, 0.1) is 11.3 Å². The Bertz CT molecular complexity index is 588. The van der Waals surface area contributed by atoms with Gasteiger partial charge in [-0.3, -0.25) is 9.69 Å². The van der Waals surface area contributed by atoms with Crippen LogP contribution in [0.4, 0.5) is 5.69 Å². The van der Waals surface area contributed by atoms with Gasteiger partial charge in [0.25, 0.3) is 0 Å². The minimum Gasteiger partial charge on any atom is -0.480 e. The fourth-order valence-corrected chi connectivity index (χ4v) is 2.72. The molecular formula is C15H18ClN3O3. The van der Waals surface area contributed by atoms with E-state index in [-0.39, 0.29) is 12.6 Å². The normalized spacial score (nSPS) is 18.3. The number of aliphatic carboxylic acids is 1. The van der Waals surface area contributed by atoms with Gasteiger partial charge in [-0.25, -0.2) is 0 Å². The summed E-state index contributed by atoms with van der Waals surface area (Å²) in [5.74, 6) is -0.864. The Morgan fingerprint density at radius 1 is 1.64 bits per heavy atom. The van der Waals surface area contributed by atoms with Crippen molar-refractivity contribution >= 4 is 23.3 Å². The first kappa shape index (κ1) is 16.6. The highest BCUT2D eigenvalue weighted by Crippen LogP contribution is 2.26. The van der Waals surface area contributed by atoms with Crippen molar-refractivity contribution in [3.05, 3.63) is 28.8 Å². The van der Waals surface area contributed by atoms with Crippen molar-refractivity contribution in [2.45, 2.75) is 6.10 Å². The first-order valence-electron chi connectivity index (χ1n) is 6.96. The van der Waals surface area contributed by atoms with E-state index in [2.05, 4.69) is 11.0 Å². The minimum absolute atomic E-state index is 0.0273. The van der Waals surface area contributed by atoms with Crippen molar-refractivity contribution in [1.29, 1.82) is 5.26 Å². The summed E-state index contributed by atoms with van der Waals surface area (Å²) in [5, 5.41) is 18.6. The first-order chi connectivity index (χ1) is 10.5. The molecule has 1 aliphatic rings. The van der Waals surface area contributed by atoms with Crippen LogP contribution < -0.4 is 4.90 Å². The number of benzene rings is 1. The van der Waals surface area contributed by atoms with Gasteiger partial charge in [-0.15, -0.1) is 0 Å². The number of carbonyl (C=O) groups is 1. The molecule has 1 atom stereocenters. The Morgan fingerprint density at radius 3 is 3.09 bits per heavy atom. The van der Waals surface area contributed by atoms with Crippen LogP contribution in [-0.4, -0.2) is 61.9 Å². The molecule has 22 heavy (non-hydrogen) atoms. The van der Waals surface area contributed by atoms with Gasteiger partial charge in [-0.2, -0.15) is 5.26 Å². The maximum absolute atomic E-state index is 10.7. The lowest BCUT2D eigenvalue weighted by molar-refractivity contribution is -0.138. The zero-order valence-corrected chi connectivity index (χ0v) is 13.1. The van der Waals surface area contributed by atoms with Crippen molar-refractivity contribution in [1.82, 2.24) is 4.90 Å². The van der Waals surface area contributed by atoms with Gasteiger partial charge in [0.05, 0.1) is 30.5 Å². The fraction of sp³-hybridized carbons (Fsp3) is 0.467. The number of nitrogens with zero attached hydrogens (tertiary/aromatic N) is 3. The van der Waals surface area contributed by atoms with Crippen LogP contribution in [0.5, 0.6) is 0 Å². The average molecular weight is 324 g/mol. The molecule has 0 bridgehead atoms. The molecule has 1 unspecified atom stereocenters. The molecule has 1 saturated heterocycles. The molecule has 1 aliphatic heterocycles. The molecule has 0 radical (unpaired) electrons. The van der Waals surface area contributed by atoms with E-state index >= 15 is 0 Å². The molecule has 1 heterocycles. The summed E-state index contributed by atoms with van der Waals surface area (Å²) < 4.78 is 5.69. The van der Waals surface area contributed by atoms with Crippen LogP contribution in [0.25, 0.3) is 0 Å². The van der Waals surface area contributed by atoms with Crippen LogP contribution in [0.1, 0.15) is 5.56 Å². The van der Waals surface area contributed by atoms with Crippen LogP contribution in [0.2, 0.25) is 5.02 Å². The van der Waals surface area contributed by atoms with Gasteiger partial charge in [-0.05, 0) is 25.2 Å². The summed E-state index contributed by atoms with van der Waals surface area (Å²) in [6.07, 6.45) is -0.108. The lowest BCUT2D eigenvalue weighted by Gasteiger charge is -2.36.